The van der Waals surface area contributed by atoms with E-state index in [2.05, 4.69) is 11.8 Å². The Morgan fingerprint density at radius 3 is 2.89 bits per heavy atom. The van der Waals surface area contributed by atoms with Gasteiger partial charge in [0.25, 0.3) is 6.43 Å². The van der Waals surface area contributed by atoms with E-state index in [4.69, 9.17) is 5.73 Å². The lowest BCUT2D eigenvalue weighted by Crippen LogP contribution is -2.46. The molecule has 1 fully saturated rings. The first-order valence-corrected chi connectivity index (χ1v) is 7.01. The highest BCUT2D eigenvalue weighted by molar-refractivity contribution is 5.28. The third-order valence-electron chi connectivity index (χ3n) is 3.80. The van der Waals surface area contributed by atoms with Crippen LogP contribution in [-0.4, -0.2) is 24.0 Å². The molecule has 0 spiro atoms. The number of hydrogen-bond donors (Lipinski definition) is 1. The van der Waals surface area contributed by atoms with Crippen molar-refractivity contribution in [1.82, 2.24) is 4.90 Å². The SMILES string of the molecule is CCCN1CCCC(N)C1c1cccc(C(F)F)c1. The minimum Gasteiger partial charge on any atom is -0.326 e. The second-order valence-corrected chi connectivity index (χ2v) is 5.26. The molecule has 1 aliphatic heterocycles. The van der Waals surface area contributed by atoms with Gasteiger partial charge in [-0.05, 0) is 44.0 Å². The molecule has 1 heterocycles. The number of hydrogen-bond acceptors (Lipinski definition) is 2. The van der Waals surface area contributed by atoms with Gasteiger partial charge in [-0.2, -0.15) is 0 Å². The molecule has 1 aliphatic rings. The number of likely N-dealkylation sites (tertiary alicyclic amines) is 1. The van der Waals surface area contributed by atoms with E-state index in [1.807, 2.05) is 6.07 Å². The summed E-state index contributed by atoms with van der Waals surface area (Å²) < 4.78 is 25.6. The molecular formula is C15H22F2N2. The summed E-state index contributed by atoms with van der Waals surface area (Å²) in [5.41, 5.74) is 7.25. The van der Waals surface area contributed by atoms with E-state index in [-0.39, 0.29) is 17.6 Å². The van der Waals surface area contributed by atoms with E-state index in [0.29, 0.717) is 0 Å². The van der Waals surface area contributed by atoms with E-state index < -0.39 is 6.43 Å². The van der Waals surface area contributed by atoms with Crippen LogP contribution in [0.4, 0.5) is 8.78 Å². The lowest BCUT2D eigenvalue weighted by atomic mass is 9.90. The molecule has 2 nitrogen and oxygen atoms in total. The van der Waals surface area contributed by atoms with Crippen LogP contribution in [0, 0.1) is 0 Å². The summed E-state index contributed by atoms with van der Waals surface area (Å²) in [6.07, 6.45) is 0.688. The number of benzene rings is 1. The van der Waals surface area contributed by atoms with Crippen molar-refractivity contribution in [1.29, 1.82) is 0 Å². The van der Waals surface area contributed by atoms with Crippen LogP contribution in [0.25, 0.3) is 0 Å². The first kappa shape index (κ1) is 14.4. The van der Waals surface area contributed by atoms with E-state index in [9.17, 15) is 8.78 Å². The van der Waals surface area contributed by atoms with Crippen molar-refractivity contribution < 1.29 is 8.78 Å². The monoisotopic (exact) mass is 268 g/mol. The van der Waals surface area contributed by atoms with Gasteiger partial charge in [0, 0.05) is 17.6 Å². The zero-order valence-corrected chi connectivity index (χ0v) is 11.4. The van der Waals surface area contributed by atoms with Crippen LogP contribution >= 0.6 is 0 Å². The Labute approximate surface area is 113 Å². The van der Waals surface area contributed by atoms with Crippen molar-refractivity contribution >= 4 is 0 Å². The number of halogens is 2. The van der Waals surface area contributed by atoms with E-state index >= 15 is 0 Å². The second kappa shape index (κ2) is 6.44. The Balaban J connectivity index is 2.27. The van der Waals surface area contributed by atoms with Gasteiger partial charge in [-0.3, -0.25) is 4.90 Å². The van der Waals surface area contributed by atoms with E-state index in [1.165, 1.54) is 6.07 Å². The molecule has 1 saturated heterocycles. The predicted octanol–water partition coefficient (Wildman–Crippen LogP) is 3.50. The van der Waals surface area contributed by atoms with Gasteiger partial charge in [0.05, 0.1) is 0 Å². The Kier molecular flexibility index (Phi) is 4.88. The van der Waals surface area contributed by atoms with Gasteiger partial charge in [-0.1, -0.05) is 25.1 Å². The van der Waals surface area contributed by atoms with Crippen molar-refractivity contribution in [3.8, 4) is 0 Å². The molecule has 4 heteroatoms. The fraction of sp³-hybridized carbons (Fsp3) is 0.600. The largest absolute Gasteiger partial charge is 0.326 e. The average Bonchev–Trinajstić information content (AvgIpc) is 2.39. The zero-order valence-electron chi connectivity index (χ0n) is 11.4. The quantitative estimate of drug-likeness (QED) is 0.905. The highest BCUT2D eigenvalue weighted by atomic mass is 19.3. The smallest absolute Gasteiger partial charge is 0.263 e. The van der Waals surface area contributed by atoms with Gasteiger partial charge < -0.3 is 5.73 Å². The highest BCUT2D eigenvalue weighted by Crippen LogP contribution is 2.32. The standard InChI is InChI=1S/C15H22F2N2/c1-2-8-19-9-4-7-13(18)14(19)11-5-3-6-12(10-11)15(16)17/h3,5-6,10,13-15H,2,4,7-9,18H2,1H3. The number of nitrogens with two attached hydrogens (primary N) is 1. The predicted molar refractivity (Wildman–Crippen MR) is 73.2 cm³/mol. The van der Waals surface area contributed by atoms with Crippen LogP contribution in [0.3, 0.4) is 0 Å². The summed E-state index contributed by atoms with van der Waals surface area (Å²) in [7, 11) is 0. The summed E-state index contributed by atoms with van der Waals surface area (Å²) >= 11 is 0. The minimum atomic E-state index is -2.42. The van der Waals surface area contributed by atoms with Crippen LogP contribution < -0.4 is 5.73 Å². The minimum absolute atomic E-state index is 0.0354. The Morgan fingerprint density at radius 1 is 1.42 bits per heavy atom. The third-order valence-corrected chi connectivity index (χ3v) is 3.80. The Hall–Kier alpha value is -1.00. The molecule has 0 bridgehead atoms. The first-order valence-electron chi connectivity index (χ1n) is 7.01. The Bertz CT molecular complexity index is 407. The van der Waals surface area contributed by atoms with Crippen LogP contribution in [0.1, 0.15) is 49.8 Å². The van der Waals surface area contributed by atoms with Crippen LogP contribution in [0.5, 0.6) is 0 Å². The molecule has 0 amide bonds. The molecule has 0 aromatic heterocycles. The summed E-state index contributed by atoms with van der Waals surface area (Å²) in [5, 5.41) is 0. The van der Waals surface area contributed by atoms with Crippen LogP contribution in [0.2, 0.25) is 0 Å². The summed E-state index contributed by atoms with van der Waals surface area (Å²) in [6, 6.07) is 6.84. The lowest BCUT2D eigenvalue weighted by Gasteiger charge is -2.40. The molecule has 2 unspecified atom stereocenters. The topological polar surface area (TPSA) is 29.3 Å². The number of nitrogens with zero attached hydrogens (tertiary/aromatic N) is 1. The molecule has 0 radical (unpaired) electrons. The van der Waals surface area contributed by atoms with Crippen molar-refractivity contribution in [3.63, 3.8) is 0 Å². The Morgan fingerprint density at radius 2 is 2.21 bits per heavy atom. The van der Waals surface area contributed by atoms with Gasteiger partial charge >= 0.3 is 0 Å². The van der Waals surface area contributed by atoms with E-state index in [0.717, 1.165) is 37.9 Å². The van der Waals surface area contributed by atoms with Gasteiger partial charge in [0.1, 0.15) is 0 Å². The highest BCUT2D eigenvalue weighted by Gasteiger charge is 2.30. The third kappa shape index (κ3) is 3.31. The molecule has 19 heavy (non-hydrogen) atoms. The van der Waals surface area contributed by atoms with Crippen molar-refractivity contribution in [2.24, 2.45) is 5.73 Å². The number of piperidine rings is 1. The van der Waals surface area contributed by atoms with Crippen molar-refractivity contribution in [3.05, 3.63) is 35.4 Å². The molecule has 106 valence electrons. The first-order chi connectivity index (χ1) is 9.13. The van der Waals surface area contributed by atoms with Crippen molar-refractivity contribution in [2.45, 2.75) is 44.7 Å². The molecule has 1 aromatic carbocycles. The van der Waals surface area contributed by atoms with Crippen LogP contribution in [0.15, 0.2) is 24.3 Å². The van der Waals surface area contributed by atoms with Crippen molar-refractivity contribution in [2.75, 3.05) is 13.1 Å². The molecule has 1 aromatic rings. The number of alkyl halides is 2. The molecular weight excluding hydrogens is 246 g/mol. The zero-order chi connectivity index (χ0) is 13.8. The lowest BCUT2D eigenvalue weighted by molar-refractivity contribution is 0.127. The summed E-state index contributed by atoms with van der Waals surface area (Å²) in [5.74, 6) is 0. The maximum absolute atomic E-state index is 12.8. The van der Waals surface area contributed by atoms with E-state index in [1.54, 1.807) is 12.1 Å². The fourth-order valence-corrected chi connectivity index (χ4v) is 2.97. The maximum Gasteiger partial charge on any atom is 0.263 e. The molecule has 2 N–H and O–H groups in total. The molecule has 0 aliphatic carbocycles. The van der Waals surface area contributed by atoms with Gasteiger partial charge in [-0.15, -0.1) is 0 Å². The summed E-state index contributed by atoms with van der Waals surface area (Å²) in [4.78, 5) is 2.33. The second-order valence-electron chi connectivity index (χ2n) is 5.26. The normalized spacial score (nSPS) is 24.9. The molecule has 2 atom stereocenters. The molecule has 2 rings (SSSR count). The average molecular weight is 268 g/mol. The van der Waals surface area contributed by atoms with Gasteiger partial charge in [-0.25, -0.2) is 8.78 Å². The fourth-order valence-electron chi connectivity index (χ4n) is 2.97. The molecule has 0 saturated carbocycles. The maximum atomic E-state index is 12.8. The summed E-state index contributed by atoms with van der Waals surface area (Å²) in [6.45, 7) is 4.11. The van der Waals surface area contributed by atoms with Gasteiger partial charge in [0.2, 0.25) is 0 Å². The number of rotatable bonds is 4. The van der Waals surface area contributed by atoms with Gasteiger partial charge in [0.15, 0.2) is 0 Å². The van der Waals surface area contributed by atoms with Crippen LogP contribution in [-0.2, 0) is 0 Å².